The maximum Gasteiger partial charge on any atom is 0.102 e. The quantitative estimate of drug-likeness (QED) is 0.174. The summed E-state index contributed by atoms with van der Waals surface area (Å²) in [5, 5.41) is 30.3. The summed E-state index contributed by atoms with van der Waals surface area (Å²) in [6, 6.07) is 71.0. The zero-order chi connectivity index (χ0) is 40.6. The Morgan fingerprint density at radius 1 is 0.328 bits per heavy atom. The van der Waals surface area contributed by atoms with Gasteiger partial charge in [0.25, 0.3) is 0 Å². The molecule has 0 aliphatic rings. The molecule has 0 N–H and O–H groups in total. The molecule has 0 amide bonds. The van der Waals surface area contributed by atoms with Gasteiger partial charge in [0.2, 0.25) is 0 Å². The van der Waals surface area contributed by atoms with Crippen LogP contribution in [0.5, 0.6) is 0 Å². The minimum absolute atomic E-state index is 0.460. The summed E-state index contributed by atoms with van der Waals surface area (Å²) in [4.78, 5) is 0. The number of nitrogens with zero attached hydrogens (tertiary/aromatic N) is 3. The normalized spacial score (nSPS) is 11.6. The van der Waals surface area contributed by atoms with Crippen LogP contribution in [-0.2, 0) is 0 Å². The first-order valence-corrected chi connectivity index (χ1v) is 21.8. The van der Waals surface area contributed by atoms with Gasteiger partial charge in [0.1, 0.15) is 12.1 Å². The summed E-state index contributed by atoms with van der Waals surface area (Å²) in [6.07, 6.45) is 0. The first kappa shape index (κ1) is 35.2. The molecule has 5 heteroatoms. The lowest BCUT2D eigenvalue weighted by molar-refractivity contribution is 1.18. The molecule has 12 rings (SSSR count). The van der Waals surface area contributed by atoms with Crippen molar-refractivity contribution in [1.29, 1.82) is 10.5 Å². The van der Waals surface area contributed by atoms with Crippen molar-refractivity contribution in [3.63, 3.8) is 0 Å². The van der Waals surface area contributed by atoms with E-state index in [-0.39, 0.29) is 0 Å². The Morgan fingerprint density at radius 3 is 1.23 bits per heavy atom. The largest absolute Gasteiger partial charge is 0.304 e. The van der Waals surface area contributed by atoms with Gasteiger partial charge < -0.3 is 4.57 Å². The van der Waals surface area contributed by atoms with E-state index in [4.69, 9.17) is 0 Å². The highest BCUT2D eigenvalue weighted by Gasteiger charge is 2.31. The van der Waals surface area contributed by atoms with E-state index in [0.717, 1.165) is 75.8 Å². The Kier molecular flexibility index (Phi) is 8.02. The van der Waals surface area contributed by atoms with Gasteiger partial charge in [-0.15, -0.1) is 22.7 Å². The van der Waals surface area contributed by atoms with E-state index in [1.165, 1.54) is 30.9 Å². The molecule has 282 valence electrons. The molecule has 0 atom stereocenters. The molecule has 0 spiro atoms. The molecule has 0 aliphatic heterocycles. The average molecular weight is 810 g/mol. The minimum atomic E-state index is 0.460. The van der Waals surface area contributed by atoms with Crippen molar-refractivity contribution < 1.29 is 0 Å². The highest BCUT2D eigenvalue weighted by atomic mass is 32.1. The lowest BCUT2D eigenvalue weighted by Gasteiger charge is -2.24. The van der Waals surface area contributed by atoms with Gasteiger partial charge in [-0.2, -0.15) is 10.5 Å². The molecule has 61 heavy (non-hydrogen) atoms. The maximum absolute atomic E-state index is 11.8. The van der Waals surface area contributed by atoms with E-state index in [2.05, 4.69) is 150 Å². The number of hydrogen-bond donors (Lipinski definition) is 0. The zero-order valence-electron chi connectivity index (χ0n) is 32.6. The number of thiophene rings is 2. The zero-order valence-corrected chi connectivity index (χ0v) is 34.2. The van der Waals surface area contributed by atoms with Crippen molar-refractivity contribution in [3.05, 3.63) is 199 Å². The molecule has 0 aliphatic carbocycles. The number of nitriles is 2. The fourth-order valence-electron chi connectivity index (χ4n) is 9.47. The molecule has 12 aromatic rings. The van der Waals surface area contributed by atoms with Crippen molar-refractivity contribution in [2.24, 2.45) is 0 Å². The van der Waals surface area contributed by atoms with Gasteiger partial charge in [0, 0.05) is 58.4 Å². The summed E-state index contributed by atoms with van der Waals surface area (Å²) in [5.41, 5.74) is 10.9. The van der Waals surface area contributed by atoms with Crippen LogP contribution in [0.2, 0.25) is 0 Å². The lowest BCUT2D eigenvalue weighted by atomic mass is 9.81. The average Bonchev–Trinajstić information content (AvgIpc) is 4.01. The van der Waals surface area contributed by atoms with Gasteiger partial charge >= 0.3 is 0 Å². The number of fused-ring (bicyclic) bond motifs is 11. The van der Waals surface area contributed by atoms with Crippen LogP contribution >= 0.6 is 22.7 Å². The van der Waals surface area contributed by atoms with Gasteiger partial charge in [-0.05, 0) is 39.9 Å². The molecule has 0 radical (unpaired) electrons. The van der Waals surface area contributed by atoms with E-state index in [9.17, 15) is 10.5 Å². The third kappa shape index (κ3) is 5.26. The molecular weight excluding hydrogens is 779 g/mol. The van der Waals surface area contributed by atoms with Crippen LogP contribution in [0.1, 0.15) is 11.1 Å². The number of hydrogen-bond acceptors (Lipinski definition) is 4. The van der Waals surface area contributed by atoms with Gasteiger partial charge in [-0.25, -0.2) is 0 Å². The van der Waals surface area contributed by atoms with Crippen molar-refractivity contribution in [2.45, 2.75) is 0 Å². The first-order chi connectivity index (χ1) is 30.2. The van der Waals surface area contributed by atoms with Crippen molar-refractivity contribution in [1.82, 2.24) is 4.57 Å². The van der Waals surface area contributed by atoms with Crippen LogP contribution in [0.15, 0.2) is 188 Å². The molecule has 0 saturated heterocycles. The molecule has 9 aromatic carbocycles. The molecule has 0 fully saturated rings. The Labute approximate surface area is 359 Å². The monoisotopic (exact) mass is 809 g/mol. The Morgan fingerprint density at radius 2 is 0.721 bits per heavy atom. The first-order valence-electron chi connectivity index (χ1n) is 20.2. The fraction of sp³-hybridized carbons (Fsp3) is 0. The maximum atomic E-state index is 11.8. The number of rotatable bonds is 5. The van der Waals surface area contributed by atoms with Crippen LogP contribution in [-0.4, -0.2) is 4.57 Å². The summed E-state index contributed by atoms with van der Waals surface area (Å²) < 4.78 is 7.15. The van der Waals surface area contributed by atoms with Crippen LogP contribution < -0.4 is 0 Å². The second-order valence-electron chi connectivity index (χ2n) is 15.3. The molecular formula is C56H31N3S2. The topological polar surface area (TPSA) is 52.5 Å². The summed E-state index contributed by atoms with van der Waals surface area (Å²) in [6.45, 7) is 0. The van der Waals surface area contributed by atoms with Crippen molar-refractivity contribution >= 4 is 84.8 Å². The summed E-state index contributed by atoms with van der Waals surface area (Å²) in [7, 11) is 0. The van der Waals surface area contributed by atoms with Crippen molar-refractivity contribution in [2.75, 3.05) is 0 Å². The van der Waals surface area contributed by atoms with E-state index in [1.54, 1.807) is 22.7 Å². The van der Waals surface area contributed by atoms with Gasteiger partial charge in [0.05, 0.1) is 37.2 Å². The highest BCUT2D eigenvalue weighted by Crippen LogP contribution is 2.52. The van der Waals surface area contributed by atoms with Gasteiger partial charge in [-0.3, -0.25) is 0 Å². The molecule has 3 aromatic heterocycles. The molecule has 3 nitrogen and oxygen atoms in total. The number of benzene rings is 9. The summed E-state index contributed by atoms with van der Waals surface area (Å²) in [5.74, 6) is 0. The Balaban J connectivity index is 1.35. The number of aromatic nitrogens is 1. The standard InChI is InChI=1S/C56H31N3S2/c57-32-45-49(36-16-6-2-7-17-36)46(33-58)52(51(37-18-8-3-9-19-37)50(45)38-26-24-35(25-27-38)34-14-4-1-5-15-34)59-53-41(28-30-43-39-20-10-12-22-47(39)60-55(43)53)42-29-31-44-40-21-11-13-23-48(40)61-56(44)54(42)59/h1-31H. The third-order valence-electron chi connectivity index (χ3n) is 12.1. The lowest BCUT2D eigenvalue weighted by Crippen LogP contribution is -2.08. The van der Waals surface area contributed by atoms with Crippen LogP contribution in [0.4, 0.5) is 0 Å². The Hall–Kier alpha value is -7.80. The predicted octanol–water partition coefficient (Wildman–Crippen LogP) is 15.9. The third-order valence-corrected chi connectivity index (χ3v) is 14.5. The predicted molar refractivity (Wildman–Crippen MR) is 258 cm³/mol. The van der Waals surface area contributed by atoms with Gasteiger partial charge in [-0.1, -0.05) is 176 Å². The van der Waals surface area contributed by atoms with E-state index in [0.29, 0.717) is 16.7 Å². The van der Waals surface area contributed by atoms with E-state index in [1.807, 2.05) is 54.6 Å². The van der Waals surface area contributed by atoms with Crippen LogP contribution in [0.25, 0.3) is 112 Å². The second kappa shape index (κ2) is 13.9. The molecule has 3 heterocycles. The van der Waals surface area contributed by atoms with Gasteiger partial charge in [0.15, 0.2) is 0 Å². The Bertz CT molecular complexity index is 3680. The van der Waals surface area contributed by atoms with Crippen molar-refractivity contribution in [3.8, 4) is 62.3 Å². The molecule has 0 saturated carbocycles. The second-order valence-corrected chi connectivity index (χ2v) is 17.4. The minimum Gasteiger partial charge on any atom is -0.304 e. The molecule has 0 bridgehead atoms. The van der Waals surface area contributed by atoms with E-state index >= 15 is 0 Å². The highest BCUT2D eigenvalue weighted by molar-refractivity contribution is 7.27. The van der Waals surface area contributed by atoms with Crippen LogP contribution in [0.3, 0.4) is 0 Å². The summed E-state index contributed by atoms with van der Waals surface area (Å²) >= 11 is 3.59. The van der Waals surface area contributed by atoms with E-state index < -0.39 is 0 Å². The molecule has 0 unspecified atom stereocenters. The smallest absolute Gasteiger partial charge is 0.102 e. The van der Waals surface area contributed by atoms with Crippen LogP contribution in [0, 0.1) is 22.7 Å². The fourth-order valence-corrected chi connectivity index (χ4v) is 12.0. The SMILES string of the molecule is N#Cc1c(-c2ccccc2)c(C#N)c(-n2c3c(ccc4c5ccccc5sc43)c3ccc4c5ccccc5sc4c32)c(-c2ccccc2)c1-c1ccc(-c2ccccc2)cc1.